The van der Waals surface area contributed by atoms with E-state index in [0.29, 0.717) is 6.42 Å². The van der Waals surface area contributed by atoms with Gasteiger partial charge in [0.1, 0.15) is 18.3 Å². The molecular weight excluding hydrogens is 384 g/mol. The average molecular weight is 416 g/mol. The Morgan fingerprint density at radius 3 is 2.55 bits per heavy atom. The molecule has 8 N–H and O–H groups in total. The van der Waals surface area contributed by atoms with E-state index in [1.54, 1.807) is 0 Å². The molecule has 5 atom stereocenters. The second kappa shape index (κ2) is 12.2. The lowest BCUT2D eigenvalue weighted by Gasteiger charge is -2.38. The summed E-state index contributed by atoms with van der Waals surface area (Å²) in [5, 5.41) is 31.9. The number of aliphatic hydroxyl groups excluding tert-OH is 3. The van der Waals surface area contributed by atoms with Crippen molar-refractivity contribution < 1.29 is 34.4 Å². The number of amides is 1. The summed E-state index contributed by atoms with van der Waals surface area (Å²) in [6.45, 7) is 2.73. The van der Waals surface area contributed by atoms with E-state index in [2.05, 4.69) is 17.2 Å². The lowest BCUT2D eigenvalue weighted by atomic mass is 9.92. The Balaban J connectivity index is 3.09. The lowest BCUT2D eigenvalue weighted by molar-refractivity contribution is -0.151. The number of hydrogen-bond acceptors (Lipinski definition) is 8. The number of ether oxygens (including phenoxy) is 2. The Hall–Kier alpha value is -2.37. The highest BCUT2D eigenvalue weighted by atomic mass is 16.6. The molecule has 0 radical (unpaired) electrons. The Labute approximate surface area is 169 Å². The van der Waals surface area contributed by atoms with E-state index in [-0.39, 0.29) is 18.3 Å². The summed E-state index contributed by atoms with van der Waals surface area (Å²) >= 11 is 0. The van der Waals surface area contributed by atoms with Gasteiger partial charge in [0.15, 0.2) is 5.96 Å². The maximum absolute atomic E-state index is 12.4. The third-order valence-corrected chi connectivity index (χ3v) is 4.33. The quantitative estimate of drug-likeness (QED) is 0.0981. The minimum absolute atomic E-state index is 0.189. The molecule has 4 unspecified atom stereocenters. The van der Waals surface area contributed by atoms with Crippen LogP contribution in [0.2, 0.25) is 0 Å². The first-order valence-corrected chi connectivity index (χ1v) is 9.59. The third kappa shape index (κ3) is 7.87. The molecule has 0 aliphatic carbocycles. The summed E-state index contributed by atoms with van der Waals surface area (Å²) in [4.78, 5) is 28.0. The first-order valence-electron chi connectivity index (χ1n) is 9.59. The molecule has 1 rings (SSSR count). The molecule has 11 heteroatoms. The average Bonchev–Trinajstić information content (AvgIpc) is 2.66. The van der Waals surface area contributed by atoms with E-state index in [0.717, 1.165) is 19.3 Å². The fourth-order valence-corrected chi connectivity index (χ4v) is 2.89. The molecule has 1 aliphatic rings. The first kappa shape index (κ1) is 24.7. The molecule has 29 heavy (non-hydrogen) atoms. The molecule has 0 bridgehead atoms. The van der Waals surface area contributed by atoms with Gasteiger partial charge in [0, 0.05) is 6.92 Å². The van der Waals surface area contributed by atoms with Crippen molar-refractivity contribution >= 4 is 17.8 Å². The molecular formula is C18H32N4O7. The van der Waals surface area contributed by atoms with Gasteiger partial charge in [0.25, 0.3) is 0 Å². The van der Waals surface area contributed by atoms with Crippen molar-refractivity contribution in [2.75, 3.05) is 13.2 Å². The van der Waals surface area contributed by atoms with Crippen molar-refractivity contribution in [2.24, 2.45) is 16.5 Å². The van der Waals surface area contributed by atoms with E-state index >= 15 is 0 Å². The number of nitrogens with one attached hydrogen (secondary N) is 1. The van der Waals surface area contributed by atoms with Crippen LogP contribution in [0.1, 0.15) is 39.5 Å². The van der Waals surface area contributed by atoms with E-state index in [1.165, 1.54) is 13.0 Å². The van der Waals surface area contributed by atoms with Crippen LogP contribution >= 0.6 is 0 Å². The number of aliphatic imine (C=N–C) groups is 1. The van der Waals surface area contributed by atoms with Gasteiger partial charge in [-0.1, -0.05) is 26.2 Å². The summed E-state index contributed by atoms with van der Waals surface area (Å²) in [6.07, 6.45) is 0.401. The predicted octanol–water partition coefficient (Wildman–Crippen LogP) is -1.75. The number of carbonyl (C=O) groups excluding carboxylic acids is 2. The molecule has 0 spiro atoms. The highest BCUT2D eigenvalue weighted by molar-refractivity contribution is 5.87. The van der Waals surface area contributed by atoms with E-state index in [4.69, 9.17) is 26.0 Å². The number of hydrogen-bond donors (Lipinski definition) is 6. The fourth-order valence-electron chi connectivity index (χ4n) is 2.89. The second-order valence-corrected chi connectivity index (χ2v) is 6.82. The van der Waals surface area contributed by atoms with Gasteiger partial charge in [-0.2, -0.15) is 0 Å². The Bertz CT molecular complexity index is 607. The summed E-state index contributed by atoms with van der Waals surface area (Å²) in [5.74, 6) is -1.83. The largest absolute Gasteiger partial charge is 0.478 e. The number of nitrogens with two attached hydrogens (primary N) is 2. The summed E-state index contributed by atoms with van der Waals surface area (Å²) in [5.41, 5.74) is 10.9. The van der Waals surface area contributed by atoms with Gasteiger partial charge in [-0.3, -0.25) is 4.79 Å². The summed E-state index contributed by atoms with van der Waals surface area (Å²) < 4.78 is 10.7. The van der Waals surface area contributed by atoms with Crippen LogP contribution in [0.3, 0.4) is 0 Å². The van der Waals surface area contributed by atoms with Crippen molar-refractivity contribution in [1.29, 1.82) is 0 Å². The van der Waals surface area contributed by atoms with Gasteiger partial charge in [-0.05, 0) is 12.5 Å². The van der Waals surface area contributed by atoms with Crippen molar-refractivity contribution in [3.05, 3.63) is 11.8 Å². The molecule has 0 aromatic carbocycles. The monoisotopic (exact) mass is 416 g/mol. The molecule has 0 aromatic heterocycles. The van der Waals surface area contributed by atoms with Crippen LogP contribution in [0, 0.1) is 0 Å². The molecule has 0 aromatic rings. The predicted molar refractivity (Wildman–Crippen MR) is 104 cm³/mol. The molecule has 0 saturated heterocycles. The van der Waals surface area contributed by atoms with Crippen LogP contribution in [0.5, 0.6) is 0 Å². The normalized spacial score (nSPS) is 23.2. The highest BCUT2D eigenvalue weighted by Crippen LogP contribution is 2.25. The number of unbranched alkanes of at least 4 members (excludes halogenated alkanes) is 3. The zero-order valence-corrected chi connectivity index (χ0v) is 16.8. The minimum atomic E-state index is -1.64. The molecule has 1 aliphatic heterocycles. The number of aliphatic hydroxyl groups is 3. The van der Waals surface area contributed by atoms with E-state index < -0.39 is 48.9 Å². The maximum Gasteiger partial charge on any atom is 0.373 e. The van der Waals surface area contributed by atoms with Gasteiger partial charge in [0.05, 0.1) is 25.3 Å². The Morgan fingerprint density at radius 2 is 2.00 bits per heavy atom. The van der Waals surface area contributed by atoms with Crippen LogP contribution < -0.4 is 16.8 Å². The third-order valence-electron chi connectivity index (χ3n) is 4.33. The van der Waals surface area contributed by atoms with Crippen LogP contribution in [0.4, 0.5) is 0 Å². The molecule has 0 saturated carbocycles. The number of esters is 1. The van der Waals surface area contributed by atoms with Crippen molar-refractivity contribution in [1.82, 2.24) is 5.32 Å². The van der Waals surface area contributed by atoms with Gasteiger partial charge in [0.2, 0.25) is 11.7 Å². The number of carbonyl (C=O) groups is 2. The molecule has 1 heterocycles. The lowest BCUT2D eigenvalue weighted by Crippen LogP contribution is -2.59. The number of guanidine groups is 1. The smallest absolute Gasteiger partial charge is 0.373 e. The standard InChI is InChI=1S/C18H32N4O7/c1-3-4-5-6-7-28-17(27)13-8-11(22-18(19)20)14(21-10(2)24)16(29-13)15(26)12(25)9-23/h8,11-12,14-16,23,25-26H,3-7,9H2,1-2H3,(H,21,24)(H4,19,20,22)/t11?,12?,14?,15?,16-/m1/s1. The van der Waals surface area contributed by atoms with E-state index in [9.17, 15) is 19.8 Å². The van der Waals surface area contributed by atoms with Crippen molar-refractivity contribution in [2.45, 2.75) is 69.9 Å². The topological polar surface area (TPSA) is 190 Å². The Kier molecular flexibility index (Phi) is 10.4. The van der Waals surface area contributed by atoms with Crippen LogP contribution in [0.25, 0.3) is 0 Å². The summed E-state index contributed by atoms with van der Waals surface area (Å²) in [6, 6.07) is -1.97. The van der Waals surface area contributed by atoms with E-state index in [1.807, 2.05) is 0 Å². The highest BCUT2D eigenvalue weighted by Gasteiger charge is 2.44. The van der Waals surface area contributed by atoms with Crippen LogP contribution in [0.15, 0.2) is 16.8 Å². The molecule has 0 fully saturated rings. The zero-order valence-electron chi connectivity index (χ0n) is 16.8. The van der Waals surface area contributed by atoms with Crippen molar-refractivity contribution in [3.63, 3.8) is 0 Å². The SMILES string of the molecule is CCCCCCOC(=O)C1=CC(N=C(N)N)C(NC(C)=O)[C@H](C(O)C(O)CO)O1. The van der Waals surface area contributed by atoms with Gasteiger partial charge in [-0.15, -0.1) is 0 Å². The zero-order chi connectivity index (χ0) is 22.0. The van der Waals surface area contributed by atoms with Gasteiger partial charge in [-0.25, -0.2) is 9.79 Å². The number of nitrogens with zero attached hydrogens (tertiary/aromatic N) is 1. The first-order chi connectivity index (χ1) is 13.7. The van der Waals surface area contributed by atoms with Gasteiger partial charge >= 0.3 is 5.97 Å². The number of rotatable bonds is 11. The fraction of sp³-hybridized carbons (Fsp3) is 0.722. The van der Waals surface area contributed by atoms with Crippen molar-refractivity contribution in [3.8, 4) is 0 Å². The molecule has 1 amide bonds. The molecule has 166 valence electrons. The summed E-state index contributed by atoms with van der Waals surface area (Å²) in [7, 11) is 0. The minimum Gasteiger partial charge on any atom is -0.478 e. The Morgan fingerprint density at radius 1 is 1.31 bits per heavy atom. The maximum atomic E-state index is 12.4. The molecule has 11 nitrogen and oxygen atoms in total. The van der Waals surface area contributed by atoms with Crippen LogP contribution in [-0.4, -0.2) is 76.8 Å². The van der Waals surface area contributed by atoms with Crippen LogP contribution in [-0.2, 0) is 19.1 Å². The van der Waals surface area contributed by atoms with Gasteiger partial charge < -0.3 is 41.6 Å². The second-order valence-electron chi connectivity index (χ2n) is 6.82.